The lowest BCUT2D eigenvalue weighted by Crippen LogP contribution is -2.70. The lowest BCUT2D eigenvalue weighted by atomic mass is 9.55. The predicted octanol–water partition coefficient (Wildman–Crippen LogP) is 9.35. The summed E-state index contributed by atoms with van der Waals surface area (Å²) in [5, 5.41) is 37.6. The summed E-state index contributed by atoms with van der Waals surface area (Å²) < 4.78 is 32.1. The summed E-state index contributed by atoms with van der Waals surface area (Å²) in [4.78, 5) is 37.0. The van der Waals surface area contributed by atoms with E-state index in [1.165, 1.54) is 0 Å². The number of aliphatic hydroxyl groups is 2. The molecule has 0 radical (unpaired) electrons. The molecule has 2 aliphatic heterocycles. The summed E-state index contributed by atoms with van der Waals surface area (Å²) in [6.07, 6.45) is 7.69. The number of allylic oxidation sites excluding steroid dienone is 1. The third kappa shape index (κ3) is 11.0. The number of rotatable bonds is 19. The van der Waals surface area contributed by atoms with E-state index >= 15 is 4.79 Å². The van der Waals surface area contributed by atoms with Gasteiger partial charge < -0.3 is 49.0 Å². The maximum atomic E-state index is 15.5. The van der Waals surface area contributed by atoms with Crippen LogP contribution < -0.4 is 24.3 Å². The molecule has 0 bridgehead atoms. The molecule has 0 unspecified atom stereocenters. The normalized spacial score (nSPS) is 22.5. The van der Waals surface area contributed by atoms with Gasteiger partial charge in [-0.2, -0.15) is 5.26 Å². The molecule has 0 spiro atoms. The van der Waals surface area contributed by atoms with E-state index in [9.17, 15) is 20.3 Å². The molecule has 2 heterocycles. The van der Waals surface area contributed by atoms with Gasteiger partial charge in [0.05, 0.1) is 29.9 Å². The fourth-order valence-corrected chi connectivity index (χ4v) is 10.2. The highest BCUT2D eigenvalue weighted by molar-refractivity contribution is 6.03. The van der Waals surface area contributed by atoms with Crippen molar-refractivity contribution in [3.05, 3.63) is 143 Å². The molecule has 362 valence electrons. The van der Waals surface area contributed by atoms with Gasteiger partial charge in [0.1, 0.15) is 23.1 Å². The molecule has 14 nitrogen and oxygen atoms in total. The number of unbranched alkanes of at least 4 members (excludes halogenated alkanes) is 2. The topological polar surface area (TPSA) is 181 Å². The molecule has 2 amide bonds. The average Bonchev–Trinajstić information content (AvgIpc) is 3.83. The number of amides is 2. The van der Waals surface area contributed by atoms with Crippen LogP contribution in [0.3, 0.4) is 0 Å². The number of hydrogen-bond donors (Lipinski definition) is 3. The Hall–Kier alpha value is -6.66. The third-order valence-electron chi connectivity index (χ3n) is 13.3. The highest BCUT2D eigenvalue weighted by atomic mass is 16.7. The van der Waals surface area contributed by atoms with E-state index in [1.807, 2.05) is 81.4 Å². The molecule has 0 aromatic heterocycles. The summed E-state index contributed by atoms with van der Waals surface area (Å²) in [6.45, 7) is 10.5. The van der Waals surface area contributed by atoms with Crippen molar-refractivity contribution in [3.63, 3.8) is 0 Å². The zero-order chi connectivity index (χ0) is 48.5. The van der Waals surface area contributed by atoms with Crippen molar-refractivity contribution in [1.29, 1.82) is 5.26 Å². The van der Waals surface area contributed by atoms with E-state index in [0.717, 1.165) is 47.9 Å². The minimum atomic E-state index is -1.57. The molecular weight excluding hydrogens is 877 g/mol. The van der Waals surface area contributed by atoms with Crippen LogP contribution >= 0.6 is 0 Å². The summed E-state index contributed by atoms with van der Waals surface area (Å²) in [7, 11) is 0. The fourth-order valence-electron chi connectivity index (χ4n) is 10.2. The second-order valence-electron chi connectivity index (χ2n) is 19.0. The zero-order valence-electron chi connectivity index (χ0n) is 39.6. The van der Waals surface area contributed by atoms with Gasteiger partial charge in [0.25, 0.3) is 5.91 Å². The van der Waals surface area contributed by atoms with Gasteiger partial charge in [0, 0.05) is 49.8 Å². The van der Waals surface area contributed by atoms with Gasteiger partial charge in [0.15, 0.2) is 11.5 Å². The Morgan fingerprint density at radius 1 is 0.928 bits per heavy atom. The number of oxime groups is 1. The second kappa shape index (κ2) is 21.7. The van der Waals surface area contributed by atoms with Gasteiger partial charge in [-0.3, -0.25) is 4.79 Å². The zero-order valence-corrected chi connectivity index (χ0v) is 39.6. The Bertz CT molecular complexity index is 2570. The Kier molecular flexibility index (Phi) is 15.4. The van der Waals surface area contributed by atoms with Gasteiger partial charge >= 0.3 is 6.09 Å². The Morgan fingerprint density at radius 2 is 1.67 bits per heavy atom. The van der Waals surface area contributed by atoms with Crippen molar-refractivity contribution in [3.8, 4) is 29.1 Å². The van der Waals surface area contributed by atoms with Crippen LogP contribution in [0.1, 0.15) is 104 Å². The van der Waals surface area contributed by atoms with Gasteiger partial charge in [-0.25, -0.2) is 4.79 Å². The van der Waals surface area contributed by atoms with E-state index in [0.29, 0.717) is 52.7 Å². The molecule has 2 aliphatic carbocycles. The molecule has 1 fully saturated rings. The molecule has 1 saturated carbocycles. The van der Waals surface area contributed by atoms with Gasteiger partial charge in [-0.15, -0.1) is 6.58 Å². The van der Waals surface area contributed by atoms with Gasteiger partial charge in [-0.05, 0) is 130 Å². The molecule has 4 aromatic carbocycles. The van der Waals surface area contributed by atoms with E-state index in [2.05, 4.69) is 24.0 Å². The number of benzene rings is 4. The fraction of sp³-hybridized carbons (Fsp3) is 0.418. The van der Waals surface area contributed by atoms with E-state index in [4.69, 9.17) is 33.7 Å². The Labute approximate surface area is 404 Å². The maximum Gasteiger partial charge on any atom is 0.412 e. The molecule has 4 aliphatic rings. The minimum absolute atomic E-state index is 0.0188. The number of hydrogen-bond acceptors (Lipinski definition) is 12. The van der Waals surface area contributed by atoms with Gasteiger partial charge in [-0.1, -0.05) is 66.5 Å². The second-order valence-corrected chi connectivity index (χ2v) is 19.0. The Morgan fingerprint density at radius 3 is 2.39 bits per heavy atom. The van der Waals surface area contributed by atoms with E-state index < -0.39 is 29.4 Å². The number of nitriles is 1. The lowest BCUT2D eigenvalue weighted by Gasteiger charge is -2.60. The smallest absolute Gasteiger partial charge is 0.412 e. The lowest BCUT2D eigenvalue weighted by molar-refractivity contribution is -0.255. The van der Waals surface area contributed by atoms with Crippen molar-refractivity contribution >= 4 is 17.7 Å². The van der Waals surface area contributed by atoms with Crippen LogP contribution in [0.4, 0.5) is 4.79 Å². The first-order valence-corrected chi connectivity index (χ1v) is 23.9. The van der Waals surface area contributed by atoms with Crippen LogP contribution in [-0.4, -0.2) is 76.9 Å². The Balaban J connectivity index is 1.33. The molecule has 3 N–H and O–H groups in total. The minimum Gasteiger partial charge on any atom is -0.459 e. The molecular formula is C55H62N4O10. The summed E-state index contributed by atoms with van der Waals surface area (Å²) in [5.74, 6) is -0.987. The highest BCUT2D eigenvalue weighted by Gasteiger charge is 2.65. The number of carbonyl (C=O) groups is 2. The van der Waals surface area contributed by atoms with Crippen LogP contribution in [0.2, 0.25) is 0 Å². The van der Waals surface area contributed by atoms with Crippen LogP contribution in [0.15, 0.2) is 120 Å². The molecule has 8 rings (SSSR count). The predicted molar refractivity (Wildman–Crippen MR) is 259 cm³/mol. The van der Waals surface area contributed by atoms with Crippen molar-refractivity contribution in [2.24, 2.45) is 22.9 Å². The van der Waals surface area contributed by atoms with Crippen molar-refractivity contribution in [2.45, 2.75) is 102 Å². The van der Waals surface area contributed by atoms with Crippen LogP contribution in [0.25, 0.3) is 0 Å². The quantitative estimate of drug-likeness (QED) is 0.0463. The number of carbonyl (C=O) groups excluding carboxylic acids is 2. The summed E-state index contributed by atoms with van der Waals surface area (Å²) in [6, 6.07) is 28.4. The van der Waals surface area contributed by atoms with Crippen LogP contribution in [0.5, 0.6) is 23.0 Å². The standard InChI is InChI=1S/C55H62N4O10/c1-5-27-66-55-49(59(52(62)39-20-17-36(32-56)18-21-39)34-38-19-23-47-48(28-38)65-35-64-47)31-45(58-69-54(2,3)4)43-29-40(15-9-11-25-60)42(16-10-12-26-61)50(51(43)55)44-30-41(22-24-46(44)68-55)67-53(63)57-33-37-13-7-6-8-14-37/h5-8,13-14,17-24,28-30,40,42,49-51,60-61H,1,9-12,15-16,25-27,31,33-35H2,2-4H3,(H,57,63)/t40-,42+,49-,50+,51+,55+/m0/s1. The monoisotopic (exact) mass is 938 g/mol. The van der Waals surface area contributed by atoms with E-state index in [1.54, 1.807) is 41.3 Å². The first-order chi connectivity index (χ1) is 33.4. The molecule has 69 heavy (non-hydrogen) atoms. The summed E-state index contributed by atoms with van der Waals surface area (Å²) in [5.41, 5.74) is 4.08. The van der Waals surface area contributed by atoms with E-state index in [-0.39, 0.29) is 69.8 Å². The molecule has 0 saturated heterocycles. The number of aliphatic hydroxyl groups excluding tert-OH is 2. The first kappa shape index (κ1) is 48.8. The first-order valence-electron chi connectivity index (χ1n) is 23.9. The van der Waals surface area contributed by atoms with Crippen molar-refractivity contribution < 1.29 is 48.3 Å². The highest BCUT2D eigenvalue weighted by Crippen LogP contribution is 2.62. The van der Waals surface area contributed by atoms with Crippen molar-refractivity contribution in [2.75, 3.05) is 26.6 Å². The van der Waals surface area contributed by atoms with Gasteiger partial charge in [0.2, 0.25) is 12.6 Å². The SMILES string of the molecule is C=CCO[C@@]12Oc3ccc(OC(=O)NCc4ccccc4)cc3[C@H]3[C@H](CCCCO)[C@@H](CCCCO)C=C(C(=NOC(C)(C)C)C[C@@H]1N(Cc1ccc4c(c1)OCO4)C(=O)c1ccc(C#N)cc1)[C@H]32. The van der Waals surface area contributed by atoms with Crippen LogP contribution in [0, 0.1) is 29.1 Å². The average molecular weight is 939 g/mol. The third-order valence-corrected chi connectivity index (χ3v) is 13.3. The molecule has 4 aromatic rings. The molecule has 6 atom stereocenters. The number of nitrogens with zero attached hydrogens (tertiary/aromatic N) is 3. The number of ether oxygens (including phenoxy) is 5. The van der Waals surface area contributed by atoms with Crippen LogP contribution in [-0.2, 0) is 22.7 Å². The number of fused-ring (bicyclic) bond motifs is 3. The maximum absolute atomic E-state index is 15.5. The molecule has 14 heteroatoms. The number of nitrogens with one attached hydrogen (secondary N) is 1. The largest absolute Gasteiger partial charge is 0.459 e. The van der Waals surface area contributed by atoms with Crippen molar-refractivity contribution in [1.82, 2.24) is 10.2 Å². The summed E-state index contributed by atoms with van der Waals surface area (Å²) >= 11 is 0.